The van der Waals surface area contributed by atoms with E-state index in [0.717, 1.165) is 31.0 Å². The van der Waals surface area contributed by atoms with Crippen LogP contribution in [0.15, 0.2) is 24.5 Å². The predicted octanol–water partition coefficient (Wildman–Crippen LogP) is 2.58. The van der Waals surface area contributed by atoms with E-state index in [9.17, 15) is 0 Å². The Morgan fingerprint density at radius 2 is 2.17 bits per heavy atom. The third-order valence-corrected chi connectivity index (χ3v) is 3.37. The van der Waals surface area contributed by atoms with Crippen molar-refractivity contribution in [3.05, 3.63) is 35.9 Å². The van der Waals surface area contributed by atoms with Crippen LogP contribution in [0.5, 0.6) is 0 Å². The van der Waals surface area contributed by atoms with Gasteiger partial charge >= 0.3 is 0 Å². The highest BCUT2D eigenvalue weighted by molar-refractivity contribution is 5.41. The van der Waals surface area contributed by atoms with Crippen molar-refractivity contribution in [3.63, 3.8) is 0 Å². The van der Waals surface area contributed by atoms with Gasteiger partial charge in [0.25, 0.3) is 0 Å². The van der Waals surface area contributed by atoms with Crippen LogP contribution in [-0.2, 0) is 12.8 Å². The second kappa shape index (κ2) is 4.80. The number of hydrogen-bond donors (Lipinski definition) is 1. The zero-order valence-electron chi connectivity index (χ0n) is 10.7. The molecule has 1 aliphatic rings. The van der Waals surface area contributed by atoms with Gasteiger partial charge in [-0.2, -0.15) is 0 Å². The van der Waals surface area contributed by atoms with Crippen LogP contribution in [0, 0.1) is 0 Å². The van der Waals surface area contributed by atoms with Gasteiger partial charge in [0.1, 0.15) is 18.0 Å². The summed E-state index contributed by atoms with van der Waals surface area (Å²) < 4.78 is 2.13. The molecule has 0 radical (unpaired) electrons. The molecule has 4 heteroatoms. The molecular weight excluding hydrogens is 224 g/mol. The molecule has 1 N–H and O–H groups in total. The van der Waals surface area contributed by atoms with E-state index in [4.69, 9.17) is 0 Å². The largest absolute Gasteiger partial charge is 0.370 e. The van der Waals surface area contributed by atoms with Crippen molar-refractivity contribution in [2.75, 3.05) is 11.9 Å². The number of hydrogen-bond acceptors (Lipinski definition) is 3. The number of nitrogens with zero attached hydrogens (tertiary/aromatic N) is 3. The molecule has 3 rings (SSSR count). The predicted molar refractivity (Wildman–Crippen MR) is 72.2 cm³/mol. The van der Waals surface area contributed by atoms with Gasteiger partial charge in [0, 0.05) is 12.2 Å². The summed E-state index contributed by atoms with van der Waals surface area (Å²) in [6.45, 7) is 2.96. The van der Waals surface area contributed by atoms with E-state index >= 15 is 0 Å². The van der Waals surface area contributed by atoms with Gasteiger partial charge in [-0.25, -0.2) is 9.97 Å². The fourth-order valence-electron chi connectivity index (χ4n) is 2.50. The number of rotatable bonds is 3. The van der Waals surface area contributed by atoms with Gasteiger partial charge in [0.2, 0.25) is 0 Å². The molecule has 0 saturated heterocycles. The molecule has 0 saturated carbocycles. The number of aromatic nitrogens is 3. The Morgan fingerprint density at radius 1 is 1.28 bits per heavy atom. The van der Waals surface area contributed by atoms with E-state index in [-0.39, 0.29) is 0 Å². The molecule has 2 heterocycles. The maximum absolute atomic E-state index is 4.62. The summed E-state index contributed by atoms with van der Waals surface area (Å²) >= 11 is 0. The van der Waals surface area contributed by atoms with Crippen LogP contribution in [-0.4, -0.2) is 21.1 Å². The Kier molecular flexibility index (Phi) is 3.00. The van der Waals surface area contributed by atoms with Crippen molar-refractivity contribution in [1.82, 2.24) is 14.5 Å². The second-order valence-corrected chi connectivity index (χ2v) is 4.63. The SMILES string of the molecule is CCNc1cccc(-n2cnc3c2CCCC3)n1. The molecule has 1 aliphatic carbocycles. The van der Waals surface area contributed by atoms with Crippen molar-refractivity contribution in [2.45, 2.75) is 32.6 Å². The third-order valence-electron chi connectivity index (χ3n) is 3.37. The standard InChI is InChI=1S/C14H18N4/c1-2-15-13-8-5-9-14(17-13)18-10-16-11-6-3-4-7-12(11)18/h5,8-10H,2-4,6-7H2,1H3,(H,15,17). The molecule has 0 spiro atoms. The van der Waals surface area contributed by atoms with Gasteiger partial charge in [-0.1, -0.05) is 6.07 Å². The van der Waals surface area contributed by atoms with Gasteiger partial charge in [0.15, 0.2) is 0 Å². The van der Waals surface area contributed by atoms with Gasteiger partial charge in [-0.15, -0.1) is 0 Å². The lowest BCUT2D eigenvalue weighted by molar-refractivity contribution is 0.654. The number of nitrogens with one attached hydrogen (secondary N) is 1. The molecule has 4 nitrogen and oxygen atoms in total. The van der Waals surface area contributed by atoms with Crippen LogP contribution >= 0.6 is 0 Å². The van der Waals surface area contributed by atoms with Gasteiger partial charge < -0.3 is 5.32 Å². The summed E-state index contributed by atoms with van der Waals surface area (Å²) in [5.74, 6) is 1.89. The molecule has 2 aromatic rings. The zero-order chi connectivity index (χ0) is 12.4. The Morgan fingerprint density at radius 3 is 3.06 bits per heavy atom. The summed E-state index contributed by atoms with van der Waals surface area (Å²) in [5.41, 5.74) is 2.58. The van der Waals surface area contributed by atoms with Gasteiger partial charge in [-0.05, 0) is 44.7 Å². The topological polar surface area (TPSA) is 42.7 Å². The van der Waals surface area contributed by atoms with Crippen LogP contribution in [0.25, 0.3) is 5.82 Å². The lowest BCUT2D eigenvalue weighted by Gasteiger charge is -2.14. The van der Waals surface area contributed by atoms with Crippen LogP contribution < -0.4 is 5.32 Å². The number of pyridine rings is 1. The highest BCUT2D eigenvalue weighted by atomic mass is 15.1. The first-order valence-electron chi connectivity index (χ1n) is 6.65. The minimum absolute atomic E-state index is 0.887. The Labute approximate surface area is 107 Å². The average molecular weight is 242 g/mol. The molecule has 0 atom stereocenters. The molecule has 0 unspecified atom stereocenters. The van der Waals surface area contributed by atoms with Crippen molar-refractivity contribution in [1.29, 1.82) is 0 Å². The molecule has 0 bridgehead atoms. The molecular formula is C14H18N4. The second-order valence-electron chi connectivity index (χ2n) is 4.63. The lowest BCUT2D eigenvalue weighted by Crippen LogP contribution is -2.09. The normalized spacial score (nSPS) is 14.3. The molecule has 2 aromatic heterocycles. The fourth-order valence-corrected chi connectivity index (χ4v) is 2.50. The van der Waals surface area contributed by atoms with E-state index in [2.05, 4.69) is 26.8 Å². The Hall–Kier alpha value is -1.84. The summed E-state index contributed by atoms with van der Waals surface area (Å²) in [4.78, 5) is 9.14. The number of anilines is 1. The molecule has 0 aliphatic heterocycles. The summed E-state index contributed by atoms with van der Waals surface area (Å²) in [6, 6.07) is 6.07. The summed E-state index contributed by atoms with van der Waals surface area (Å²) in [6.07, 6.45) is 6.65. The van der Waals surface area contributed by atoms with E-state index < -0.39 is 0 Å². The van der Waals surface area contributed by atoms with Crippen molar-refractivity contribution in [3.8, 4) is 5.82 Å². The van der Waals surface area contributed by atoms with Crippen LogP contribution in [0.2, 0.25) is 0 Å². The number of aryl methyl sites for hydroxylation is 1. The van der Waals surface area contributed by atoms with Gasteiger partial charge in [-0.3, -0.25) is 4.57 Å². The molecule has 18 heavy (non-hydrogen) atoms. The first kappa shape index (κ1) is 11.3. The third kappa shape index (κ3) is 1.98. The maximum atomic E-state index is 4.62. The minimum atomic E-state index is 0.887. The zero-order valence-corrected chi connectivity index (χ0v) is 10.7. The van der Waals surface area contributed by atoms with Crippen molar-refractivity contribution in [2.24, 2.45) is 0 Å². The number of fused-ring (bicyclic) bond motifs is 1. The molecule has 0 amide bonds. The first-order chi connectivity index (χ1) is 8.88. The van der Waals surface area contributed by atoms with E-state index in [1.165, 1.54) is 24.2 Å². The smallest absolute Gasteiger partial charge is 0.140 e. The minimum Gasteiger partial charge on any atom is -0.370 e. The molecule has 0 fully saturated rings. The summed E-state index contributed by atoms with van der Waals surface area (Å²) in [7, 11) is 0. The fraction of sp³-hybridized carbons (Fsp3) is 0.429. The average Bonchev–Trinajstić information content (AvgIpc) is 2.83. The highest BCUT2D eigenvalue weighted by Crippen LogP contribution is 2.22. The first-order valence-corrected chi connectivity index (χ1v) is 6.65. The van der Waals surface area contributed by atoms with E-state index in [1.807, 2.05) is 24.5 Å². The van der Waals surface area contributed by atoms with Crippen molar-refractivity contribution < 1.29 is 0 Å². The quantitative estimate of drug-likeness (QED) is 0.899. The van der Waals surface area contributed by atoms with Gasteiger partial charge in [0.05, 0.1) is 5.69 Å². The van der Waals surface area contributed by atoms with E-state index in [1.54, 1.807) is 0 Å². The highest BCUT2D eigenvalue weighted by Gasteiger charge is 2.16. The Bertz CT molecular complexity index is 544. The monoisotopic (exact) mass is 242 g/mol. The maximum Gasteiger partial charge on any atom is 0.140 e. The van der Waals surface area contributed by atoms with Crippen LogP contribution in [0.3, 0.4) is 0 Å². The molecule has 94 valence electrons. The van der Waals surface area contributed by atoms with Crippen LogP contribution in [0.4, 0.5) is 5.82 Å². The lowest BCUT2D eigenvalue weighted by atomic mass is 10.0. The number of imidazole rings is 1. The summed E-state index contributed by atoms with van der Waals surface area (Å²) in [5, 5.41) is 3.25. The van der Waals surface area contributed by atoms with Crippen molar-refractivity contribution >= 4 is 5.82 Å². The van der Waals surface area contributed by atoms with E-state index in [0.29, 0.717) is 0 Å². The Balaban J connectivity index is 1.99. The molecule has 0 aromatic carbocycles. The van der Waals surface area contributed by atoms with Crippen LogP contribution in [0.1, 0.15) is 31.2 Å².